The van der Waals surface area contributed by atoms with E-state index < -0.39 is 0 Å². The fraction of sp³-hybridized carbons (Fsp3) is 0.368. The zero-order chi connectivity index (χ0) is 35.5. The number of nitrogens with one attached hydrogen (secondary N) is 3. The van der Waals surface area contributed by atoms with Crippen molar-refractivity contribution in [1.29, 1.82) is 0 Å². The monoisotopic (exact) mass is 729 g/mol. The molecule has 1 amide bonds. The van der Waals surface area contributed by atoms with E-state index in [1.807, 2.05) is 59.3 Å². The van der Waals surface area contributed by atoms with Crippen LogP contribution in [0.1, 0.15) is 49.8 Å². The summed E-state index contributed by atoms with van der Waals surface area (Å²) in [5, 5.41) is 20.8. The van der Waals surface area contributed by atoms with E-state index in [0.717, 1.165) is 65.6 Å². The lowest BCUT2D eigenvalue weighted by atomic mass is 9.93. The Morgan fingerprint density at radius 3 is 2.51 bits per heavy atom. The molecule has 266 valence electrons. The Morgan fingerprint density at radius 1 is 0.941 bits per heavy atom. The maximum atomic E-state index is 11.5. The van der Waals surface area contributed by atoms with Gasteiger partial charge in [-0.25, -0.2) is 9.97 Å². The minimum Gasteiger partial charge on any atom is -0.493 e. The van der Waals surface area contributed by atoms with Crippen molar-refractivity contribution in [2.75, 3.05) is 20.8 Å². The molecule has 13 heteroatoms. The number of pyridine rings is 3. The van der Waals surface area contributed by atoms with E-state index in [2.05, 4.69) is 20.9 Å². The SMILES string of the molecule is COc1nc(-c2cccc(-c3ccnc(-c4cc(OC)c5nc(CNC6CCC(O)CC6)cn5c4)c3Cl)c2Cl)ccc1CNC[C@@H]1CCC(=O)N1. The average molecular weight is 731 g/mol. The number of aliphatic hydroxyl groups is 1. The molecule has 2 aliphatic rings. The Labute approximate surface area is 306 Å². The van der Waals surface area contributed by atoms with Crippen LogP contribution in [-0.2, 0) is 17.9 Å². The molecular formula is C38H41Cl2N7O4. The summed E-state index contributed by atoms with van der Waals surface area (Å²) >= 11 is 14.3. The third-order valence-corrected chi connectivity index (χ3v) is 10.5. The highest BCUT2D eigenvalue weighted by molar-refractivity contribution is 6.39. The third kappa shape index (κ3) is 7.68. The van der Waals surface area contributed by atoms with Gasteiger partial charge in [-0.1, -0.05) is 47.5 Å². The number of rotatable bonds is 12. The second-order valence-corrected chi connectivity index (χ2v) is 13.9. The summed E-state index contributed by atoms with van der Waals surface area (Å²) in [6.45, 7) is 1.84. The van der Waals surface area contributed by atoms with Crippen molar-refractivity contribution >= 4 is 34.8 Å². The normalized spacial score (nSPS) is 19.0. The molecule has 1 aliphatic carbocycles. The molecule has 51 heavy (non-hydrogen) atoms. The van der Waals surface area contributed by atoms with E-state index >= 15 is 0 Å². The summed E-state index contributed by atoms with van der Waals surface area (Å²) in [4.78, 5) is 25.8. The maximum absolute atomic E-state index is 11.5. The van der Waals surface area contributed by atoms with Gasteiger partial charge >= 0.3 is 0 Å². The van der Waals surface area contributed by atoms with Crippen LogP contribution in [0.15, 0.2) is 61.1 Å². The molecule has 4 N–H and O–H groups in total. The molecule has 1 saturated heterocycles. The average Bonchev–Trinajstić information content (AvgIpc) is 3.76. The van der Waals surface area contributed by atoms with E-state index in [0.29, 0.717) is 70.8 Å². The highest BCUT2D eigenvalue weighted by Gasteiger charge is 2.22. The predicted octanol–water partition coefficient (Wildman–Crippen LogP) is 6.21. The molecule has 0 spiro atoms. The molecule has 0 bridgehead atoms. The molecule has 4 aromatic heterocycles. The van der Waals surface area contributed by atoms with Gasteiger partial charge in [0.05, 0.1) is 47.5 Å². The van der Waals surface area contributed by atoms with Gasteiger partial charge in [0.25, 0.3) is 0 Å². The molecule has 5 heterocycles. The molecular weight excluding hydrogens is 689 g/mol. The standard InChI is InChI=1S/C38H41Cl2N7O4/c1-50-32-16-23(20-47-21-26(45-37(32)47)19-43-24-7-10-27(48)11-8-24)36-35(40)29(14-15-42-36)28-4-3-5-30(34(28)39)31-12-6-22(38(46-31)51-2)17-41-18-25-9-13-33(49)44-25/h3-6,12,14-16,20-21,24-25,27,41,43,48H,7-11,13,17-19H2,1-2H3,(H,44,49)/t24?,25-,27?/m0/s1. The number of ether oxygens (including phenoxy) is 2. The minimum absolute atomic E-state index is 0.0979. The molecule has 5 aromatic rings. The van der Waals surface area contributed by atoms with Crippen LogP contribution in [0.5, 0.6) is 11.6 Å². The number of imidazole rings is 1. The quantitative estimate of drug-likeness (QED) is 0.118. The Kier molecular flexibility index (Phi) is 10.7. The molecule has 1 atom stereocenters. The second kappa shape index (κ2) is 15.5. The summed E-state index contributed by atoms with van der Waals surface area (Å²) in [6.07, 6.45) is 10.4. The fourth-order valence-corrected chi connectivity index (χ4v) is 7.59. The van der Waals surface area contributed by atoms with Gasteiger partial charge in [0, 0.05) is 84.5 Å². The zero-order valence-corrected chi connectivity index (χ0v) is 30.1. The van der Waals surface area contributed by atoms with Crippen LogP contribution >= 0.6 is 23.2 Å². The molecule has 0 unspecified atom stereocenters. The van der Waals surface area contributed by atoms with Crippen LogP contribution in [0.4, 0.5) is 0 Å². The topological polar surface area (TPSA) is 135 Å². The van der Waals surface area contributed by atoms with E-state index in [1.54, 1.807) is 20.4 Å². The minimum atomic E-state index is -0.188. The Morgan fingerprint density at radius 2 is 1.75 bits per heavy atom. The van der Waals surface area contributed by atoms with Crippen LogP contribution in [0.25, 0.3) is 39.3 Å². The Hall–Kier alpha value is -4.26. The number of amides is 1. The molecule has 1 aromatic carbocycles. The van der Waals surface area contributed by atoms with Gasteiger partial charge in [0.1, 0.15) is 0 Å². The lowest BCUT2D eigenvalue weighted by Gasteiger charge is -2.25. The Balaban J connectivity index is 1.13. The van der Waals surface area contributed by atoms with Crippen LogP contribution in [0.3, 0.4) is 0 Å². The summed E-state index contributed by atoms with van der Waals surface area (Å²) in [5.74, 6) is 1.20. The van der Waals surface area contributed by atoms with Crippen LogP contribution in [-0.4, -0.2) is 69.3 Å². The molecule has 1 saturated carbocycles. The van der Waals surface area contributed by atoms with Crippen LogP contribution in [0, 0.1) is 0 Å². The number of methoxy groups -OCH3 is 2. The second-order valence-electron chi connectivity index (χ2n) is 13.1. The third-order valence-electron chi connectivity index (χ3n) is 9.71. The van der Waals surface area contributed by atoms with Gasteiger partial charge in [-0.15, -0.1) is 0 Å². The number of halogens is 2. The first-order valence-electron chi connectivity index (χ1n) is 17.3. The van der Waals surface area contributed by atoms with Crippen molar-refractivity contribution in [3.05, 3.63) is 82.4 Å². The summed E-state index contributed by atoms with van der Waals surface area (Å²) in [6, 6.07) is 13.9. The summed E-state index contributed by atoms with van der Waals surface area (Å²) in [7, 11) is 3.22. The Bertz CT molecular complexity index is 2050. The van der Waals surface area contributed by atoms with E-state index in [-0.39, 0.29) is 18.1 Å². The van der Waals surface area contributed by atoms with Gasteiger partial charge in [0.2, 0.25) is 11.8 Å². The number of carbonyl (C=O) groups is 1. The lowest BCUT2D eigenvalue weighted by Crippen LogP contribution is -2.35. The molecule has 1 aliphatic heterocycles. The maximum Gasteiger partial charge on any atom is 0.220 e. The van der Waals surface area contributed by atoms with E-state index in [9.17, 15) is 9.90 Å². The van der Waals surface area contributed by atoms with Crippen LogP contribution < -0.4 is 25.4 Å². The van der Waals surface area contributed by atoms with Crippen molar-refractivity contribution in [2.45, 2.75) is 69.8 Å². The lowest BCUT2D eigenvalue weighted by molar-refractivity contribution is -0.119. The van der Waals surface area contributed by atoms with Gasteiger partial charge in [-0.2, -0.15) is 0 Å². The largest absolute Gasteiger partial charge is 0.493 e. The van der Waals surface area contributed by atoms with Gasteiger partial charge in [0.15, 0.2) is 11.4 Å². The number of benzene rings is 1. The van der Waals surface area contributed by atoms with Crippen molar-refractivity contribution in [1.82, 2.24) is 35.3 Å². The molecule has 7 rings (SSSR count). The summed E-state index contributed by atoms with van der Waals surface area (Å²) in [5.41, 5.74) is 6.72. The zero-order valence-electron chi connectivity index (χ0n) is 28.6. The first-order chi connectivity index (χ1) is 24.8. The highest BCUT2D eigenvalue weighted by atomic mass is 35.5. The first-order valence-corrected chi connectivity index (χ1v) is 18.0. The number of aliphatic hydroxyl groups excluding tert-OH is 1. The number of hydrogen-bond acceptors (Lipinski definition) is 9. The molecule has 0 radical (unpaired) electrons. The predicted molar refractivity (Wildman–Crippen MR) is 198 cm³/mol. The first kappa shape index (κ1) is 35.2. The number of fused-ring (bicyclic) bond motifs is 1. The number of hydrogen-bond donors (Lipinski definition) is 4. The van der Waals surface area contributed by atoms with Gasteiger partial charge in [-0.3, -0.25) is 9.78 Å². The van der Waals surface area contributed by atoms with E-state index in [1.165, 1.54) is 0 Å². The van der Waals surface area contributed by atoms with Crippen LogP contribution in [0.2, 0.25) is 10.0 Å². The fourth-order valence-electron chi connectivity index (χ4n) is 6.94. The number of nitrogens with zero attached hydrogens (tertiary/aromatic N) is 4. The molecule has 2 fully saturated rings. The van der Waals surface area contributed by atoms with Crippen molar-refractivity contribution < 1.29 is 19.4 Å². The van der Waals surface area contributed by atoms with Crippen molar-refractivity contribution in [3.63, 3.8) is 0 Å². The summed E-state index contributed by atoms with van der Waals surface area (Å²) < 4.78 is 13.4. The van der Waals surface area contributed by atoms with Crippen molar-refractivity contribution in [3.8, 4) is 45.3 Å². The smallest absolute Gasteiger partial charge is 0.220 e. The van der Waals surface area contributed by atoms with Gasteiger partial charge < -0.3 is 34.9 Å². The van der Waals surface area contributed by atoms with Gasteiger partial charge in [-0.05, 0) is 50.3 Å². The number of carbonyl (C=O) groups excluding carboxylic acids is 1. The highest BCUT2D eigenvalue weighted by Crippen LogP contribution is 2.42. The van der Waals surface area contributed by atoms with E-state index in [4.69, 9.17) is 42.6 Å². The van der Waals surface area contributed by atoms with Crippen molar-refractivity contribution in [2.24, 2.45) is 0 Å². The molecule has 11 nitrogen and oxygen atoms in total. The number of aromatic nitrogens is 4.